The topological polar surface area (TPSA) is 66.5 Å². The maximum absolute atomic E-state index is 14.8. The van der Waals surface area contributed by atoms with Crippen LogP contribution in [-0.2, 0) is 7.05 Å². The van der Waals surface area contributed by atoms with Gasteiger partial charge in [-0.3, -0.25) is 4.57 Å². The van der Waals surface area contributed by atoms with Gasteiger partial charge in [-0.1, -0.05) is 17.7 Å². The fraction of sp³-hybridized carbons (Fsp3) is 0.185. The molecule has 0 fully saturated rings. The van der Waals surface area contributed by atoms with Crippen LogP contribution in [-0.4, -0.2) is 44.3 Å². The molecule has 0 unspecified atom stereocenters. The Morgan fingerprint density at radius 3 is 2.36 bits per heavy atom. The van der Waals surface area contributed by atoms with Gasteiger partial charge >= 0.3 is 5.69 Å². The third kappa shape index (κ3) is 4.24. The van der Waals surface area contributed by atoms with Crippen molar-refractivity contribution in [1.82, 2.24) is 19.0 Å². The average molecular weight is 506 g/mol. The first-order valence-corrected chi connectivity index (χ1v) is 11.8. The number of pyridine rings is 1. The van der Waals surface area contributed by atoms with Crippen molar-refractivity contribution in [2.75, 3.05) is 25.0 Å². The summed E-state index contributed by atoms with van der Waals surface area (Å²) in [5.41, 5.74) is 3.19. The van der Waals surface area contributed by atoms with Crippen molar-refractivity contribution in [1.29, 1.82) is 0 Å². The number of aromatic nitrogens is 3. The van der Waals surface area contributed by atoms with Crippen LogP contribution in [0.2, 0.25) is 5.02 Å². The minimum absolute atomic E-state index is 0.0701. The molecule has 36 heavy (non-hydrogen) atoms. The molecule has 2 aromatic heterocycles. The molecule has 4 aromatic rings. The van der Waals surface area contributed by atoms with Crippen LogP contribution >= 0.6 is 11.6 Å². The predicted octanol–water partition coefficient (Wildman–Crippen LogP) is 5.02. The normalized spacial score (nSPS) is 13.8. The molecule has 0 saturated heterocycles. The van der Waals surface area contributed by atoms with E-state index in [4.69, 9.17) is 11.6 Å². The zero-order valence-electron chi connectivity index (χ0n) is 20.1. The van der Waals surface area contributed by atoms with Gasteiger partial charge in [-0.05, 0) is 54.4 Å². The smallest absolute Gasteiger partial charge is 0.332 e. The summed E-state index contributed by atoms with van der Waals surface area (Å²) in [5, 5.41) is 11.5. The number of benzene rings is 2. The van der Waals surface area contributed by atoms with Gasteiger partial charge in [0, 0.05) is 68.8 Å². The van der Waals surface area contributed by atoms with Crippen molar-refractivity contribution in [2.24, 2.45) is 7.05 Å². The fourth-order valence-corrected chi connectivity index (χ4v) is 4.57. The molecule has 0 aliphatic carbocycles. The number of hydrogen-bond acceptors (Lipinski definition) is 5. The summed E-state index contributed by atoms with van der Waals surface area (Å²) in [7, 11) is 3.69. The largest absolute Gasteiger partial charge is 0.507 e. The lowest BCUT2D eigenvalue weighted by Crippen LogP contribution is -2.35. The van der Waals surface area contributed by atoms with Crippen LogP contribution in [0.25, 0.3) is 27.9 Å². The number of halogens is 2. The first kappa shape index (κ1) is 23.7. The summed E-state index contributed by atoms with van der Waals surface area (Å²) < 4.78 is 17.7. The summed E-state index contributed by atoms with van der Waals surface area (Å²) in [6.07, 6.45) is 6.94. The van der Waals surface area contributed by atoms with Crippen molar-refractivity contribution in [3.8, 4) is 33.7 Å². The Hall–Kier alpha value is -4.04. The number of anilines is 1. The van der Waals surface area contributed by atoms with E-state index in [-0.39, 0.29) is 11.4 Å². The third-order valence-electron chi connectivity index (χ3n) is 6.51. The molecule has 0 spiro atoms. The Kier molecular flexibility index (Phi) is 6.05. The number of rotatable bonds is 4. The number of nitrogens with zero attached hydrogens (tertiary/aromatic N) is 5. The van der Waals surface area contributed by atoms with Crippen LogP contribution in [0.3, 0.4) is 0 Å². The Balaban J connectivity index is 1.55. The molecule has 0 saturated carbocycles. The second-order valence-electron chi connectivity index (χ2n) is 8.87. The minimum Gasteiger partial charge on any atom is -0.507 e. The van der Waals surface area contributed by atoms with Crippen LogP contribution in [0.5, 0.6) is 5.75 Å². The van der Waals surface area contributed by atoms with Gasteiger partial charge in [-0.2, -0.15) is 0 Å². The van der Waals surface area contributed by atoms with Crippen LogP contribution in [0, 0.1) is 5.82 Å². The molecule has 0 amide bonds. The molecule has 0 bridgehead atoms. The summed E-state index contributed by atoms with van der Waals surface area (Å²) >= 11 is 6.51. The molecular formula is C27H25ClFN5O2. The van der Waals surface area contributed by atoms with E-state index in [2.05, 4.69) is 9.88 Å². The lowest BCUT2D eigenvalue weighted by molar-refractivity contribution is 0.407. The van der Waals surface area contributed by atoms with Gasteiger partial charge in [-0.25, -0.2) is 14.2 Å². The number of phenols is 1. The van der Waals surface area contributed by atoms with Gasteiger partial charge < -0.3 is 19.5 Å². The van der Waals surface area contributed by atoms with Gasteiger partial charge in [0.1, 0.15) is 17.4 Å². The molecule has 184 valence electrons. The maximum Gasteiger partial charge on any atom is 0.332 e. The molecule has 5 rings (SSSR count). The third-order valence-corrected chi connectivity index (χ3v) is 6.81. The molecule has 3 heterocycles. The number of likely N-dealkylation sites (N-methyl/N-ethyl adjacent to an activating group) is 1. The van der Waals surface area contributed by atoms with E-state index in [1.807, 2.05) is 31.1 Å². The fourth-order valence-electron chi connectivity index (χ4n) is 4.30. The first-order chi connectivity index (χ1) is 17.2. The number of aryl methyl sites for hydroxylation is 1. The highest BCUT2D eigenvalue weighted by Crippen LogP contribution is 2.41. The van der Waals surface area contributed by atoms with E-state index in [9.17, 15) is 14.3 Å². The molecular weight excluding hydrogens is 481 g/mol. The minimum atomic E-state index is -0.494. The molecule has 0 radical (unpaired) electrons. The highest BCUT2D eigenvalue weighted by Gasteiger charge is 2.18. The van der Waals surface area contributed by atoms with Gasteiger partial charge in [0.25, 0.3) is 0 Å². The quantitative estimate of drug-likeness (QED) is 0.422. The van der Waals surface area contributed by atoms with Crippen molar-refractivity contribution in [3.05, 3.63) is 94.3 Å². The number of phenolic OH excluding ortho intramolecular Hbond substituents is 1. The average Bonchev–Trinajstić information content (AvgIpc) is 3.20. The Morgan fingerprint density at radius 1 is 1.00 bits per heavy atom. The van der Waals surface area contributed by atoms with E-state index < -0.39 is 5.82 Å². The number of aromatic hydroxyl groups is 1. The Bertz CT molecular complexity index is 1560. The van der Waals surface area contributed by atoms with Gasteiger partial charge in [0.15, 0.2) is 0 Å². The summed E-state index contributed by atoms with van der Waals surface area (Å²) in [4.78, 5) is 21.0. The maximum atomic E-state index is 14.8. The molecule has 1 N–H and O–H groups in total. The highest BCUT2D eigenvalue weighted by atomic mass is 35.5. The highest BCUT2D eigenvalue weighted by molar-refractivity contribution is 6.32. The van der Waals surface area contributed by atoms with Crippen LogP contribution < -0.4 is 10.6 Å². The van der Waals surface area contributed by atoms with E-state index in [1.54, 1.807) is 49.9 Å². The monoisotopic (exact) mass is 505 g/mol. The second kappa shape index (κ2) is 9.20. The van der Waals surface area contributed by atoms with Gasteiger partial charge in [0.05, 0.1) is 10.7 Å². The second-order valence-corrected chi connectivity index (χ2v) is 9.27. The van der Waals surface area contributed by atoms with E-state index in [0.717, 1.165) is 18.8 Å². The molecule has 1 aliphatic heterocycles. The van der Waals surface area contributed by atoms with Crippen molar-refractivity contribution in [2.45, 2.75) is 6.92 Å². The standard InChI is InChI=1S/C27H25ClFN5O2/c1-17-16-33(10-8-31(17)2)25-13-19(6-7-30-25)22-15-20(29)14-21(26(22)35)18-4-5-24(23(28)12-18)34-11-9-32(3)27(34)36/h4-7,9,11-16,35H,8,10H2,1-3H3. The number of imidazole rings is 1. The van der Waals surface area contributed by atoms with Gasteiger partial charge in [-0.15, -0.1) is 0 Å². The van der Waals surface area contributed by atoms with E-state index in [1.165, 1.54) is 21.3 Å². The number of hydrogen-bond donors (Lipinski definition) is 1. The molecule has 1 aliphatic rings. The molecule has 7 nitrogen and oxygen atoms in total. The summed E-state index contributed by atoms with van der Waals surface area (Å²) in [5.74, 6) is 0.149. The van der Waals surface area contributed by atoms with Crippen LogP contribution in [0.15, 0.2) is 77.7 Å². The summed E-state index contributed by atoms with van der Waals surface area (Å²) in [6, 6.07) is 11.2. The van der Waals surface area contributed by atoms with E-state index >= 15 is 0 Å². The zero-order chi connectivity index (χ0) is 25.6. The SMILES string of the molecule is CC1=CN(c2cc(-c3cc(F)cc(-c4ccc(-n5ccn(C)c5=O)c(Cl)c4)c3O)ccn2)CCN1C. The Morgan fingerprint density at radius 2 is 1.72 bits per heavy atom. The van der Waals surface area contributed by atoms with Crippen molar-refractivity contribution >= 4 is 17.4 Å². The van der Waals surface area contributed by atoms with Crippen LogP contribution in [0.4, 0.5) is 10.2 Å². The van der Waals surface area contributed by atoms with Gasteiger partial charge in [0.2, 0.25) is 0 Å². The Labute approximate surface area is 212 Å². The summed E-state index contributed by atoms with van der Waals surface area (Å²) in [6.45, 7) is 3.65. The zero-order valence-corrected chi connectivity index (χ0v) is 20.9. The van der Waals surface area contributed by atoms with Crippen LogP contribution in [0.1, 0.15) is 6.92 Å². The first-order valence-electron chi connectivity index (χ1n) is 11.4. The number of allylic oxidation sites excluding steroid dienone is 1. The molecule has 9 heteroatoms. The van der Waals surface area contributed by atoms with E-state index in [0.29, 0.717) is 38.8 Å². The van der Waals surface area contributed by atoms with Crippen molar-refractivity contribution in [3.63, 3.8) is 0 Å². The lowest BCUT2D eigenvalue weighted by Gasteiger charge is -2.32. The molecule has 0 atom stereocenters. The molecule has 2 aromatic carbocycles. The lowest BCUT2D eigenvalue weighted by atomic mass is 9.97. The predicted molar refractivity (Wildman–Crippen MR) is 140 cm³/mol. The van der Waals surface area contributed by atoms with Crippen molar-refractivity contribution < 1.29 is 9.50 Å².